The number of carbonyl (C=O) groups is 1. The standard InChI is InChI=1S/C23H18N2O4/c1-15-12-13-19(20(14-15)28-2)29-23(27)21-17-10-6-7-11-18(17)22(26)25(24-21)16-8-4-3-5-9-16/h3-14H,1-2H3. The number of methoxy groups -OCH3 is 1. The predicted octanol–water partition coefficient (Wildman–Crippen LogP) is 3.92. The maximum atomic E-state index is 13.0. The first-order valence-corrected chi connectivity index (χ1v) is 9.03. The first-order chi connectivity index (χ1) is 14.1. The van der Waals surface area contributed by atoms with Crippen LogP contribution in [0.3, 0.4) is 0 Å². The predicted molar refractivity (Wildman–Crippen MR) is 110 cm³/mol. The van der Waals surface area contributed by atoms with Gasteiger partial charge in [0.15, 0.2) is 17.2 Å². The molecule has 1 aromatic heterocycles. The van der Waals surface area contributed by atoms with Gasteiger partial charge in [0, 0.05) is 5.39 Å². The number of fused-ring (bicyclic) bond motifs is 1. The van der Waals surface area contributed by atoms with Crippen molar-refractivity contribution >= 4 is 16.7 Å². The molecule has 6 nitrogen and oxygen atoms in total. The fraction of sp³-hybridized carbons (Fsp3) is 0.0870. The molecule has 0 unspecified atom stereocenters. The van der Waals surface area contributed by atoms with Crippen LogP contribution in [-0.4, -0.2) is 22.9 Å². The summed E-state index contributed by atoms with van der Waals surface area (Å²) in [6.07, 6.45) is 0. The molecule has 0 aliphatic rings. The lowest BCUT2D eigenvalue weighted by Gasteiger charge is -2.12. The minimum atomic E-state index is -0.673. The molecule has 0 atom stereocenters. The topological polar surface area (TPSA) is 70.4 Å². The molecular formula is C23H18N2O4. The lowest BCUT2D eigenvalue weighted by molar-refractivity contribution is 0.0724. The lowest BCUT2D eigenvalue weighted by Crippen LogP contribution is -2.26. The summed E-state index contributed by atoms with van der Waals surface area (Å²) in [7, 11) is 1.51. The Morgan fingerprint density at radius 1 is 0.897 bits per heavy atom. The van der Waals surface area contributed by atoms with Gasteiger partial charge in [0.05, 0.1) is 18.2 Å². The second-order valence-electron chi connectivity index (χ2n) is 6.49. The van der Waals surface area contributed by atoms with E-state index in [1.54, 1.807) is 60.7 Å². The summed E-state index contributed by atoms with van der Waals surface area (Å²) in [5, 5.41) is 5.14. The number of rotatable bonds is 4. The third-order valence-electron chi connectivity index (χ3n) is 4.52. The molecule has 0 N–H and O–H groups in total. The molecule has 0 fully saturated rings. The van der Waals surface area contributed by atoms with Crippen LogP contribution in [0.25, 0.3) is 16.5 Å². The number of esters is 1. The van der Waals surface area contributed by atoms with E-state index in [1.807, 2.05) is 19.1 Å². The van der Waals surface area contributed by atoms with Crippen molar-refractivity contribution in [1.82, 2.24) is 9.78 Å². The Kier molecular flexibility index (Phi) is 4.83. The third kappa shape index (κ3) is 3.48. The van der Waals surface area contributed by atoms with Gasteiger partial charge in [0.25, 0.3) is 5.56 Å². The Morgan fingerprint density at radius 2 is 1.59 bits per heavy atom. The number of carbonyl (C=O) groups excluding carboxylic acids is 1. The van der Waals surface area contributed by atoms with Gasteiger partial charge in [-0.1, -0.05) is 42.5 Å². The molecule has 4 rings (SSSR count). The van der Waals surface area contributed by atoms with Gasteiger partial charge >= 0.3 is 5.97 Å². The van der Waals surface area contributed by atoms with Gasteiger partial charge in [0.1, 0.15) is 0 Å². The zero-order chi connectivity index (χ0) is 20.4. The van der Waals surface area contributed by atoms with Crippen LogP contribution in [0.5, 0.6) is 11.5 Å². The maximum absolute atomic E-state index is 13.0. The molecule has 0 saturated heterocycles. The first kappa shape index (κ1) is 18.4. The molecule has 0 amide bonds. The molecule has 0 spiro atoms. The number of benzene rings is 3. The maximum Gasteiger partial charge on any atom is 0.364 e. The number of hydrogen-bond acceptors (Lipinski definition) is 5. The molecule has 0 saturated carbocycles. The molecule has 1 heterocycles. The average Bonchev–Trinajstić information content (AvgIpc) is 2.76. The summed E-state index contributed by atoms with van der Waals surface area (Å²) in [5.41, 5.74) is 1.27. The minimum absolute atomic E-state index is 0.0479. The van der Waals surface area contributed by atoms with Crippen LogP contribution in [0.2, 0.25) is 0 Å². The van der Waals surface area contributed by atoms with Crippen LogP contribution in [0.1, 0.15) is 16.1 Å². The number of hydrogen-bond donors (Lipinski definition) is 0. The minimum Gasteiger partial charge on any atom is -0.493 e. The molecule has 0 aliphatic heterocycles. The lowest BCUT2D eigenvalue weighted by atomic mass is 10.1. The second-order valence-corrected chi connectivity index (χ2v) is 6.49. The quantitative estimate of drug-likeness (QED) is 0.393. The van der Waals surface area contributed by atoms with Crippen LogP contribution in [-0.2, 0) is 0 Å². The number of para-hydroxylation sites is 1. The van der Waals surface area contributed by atoms with Crippen LogP contribution in [0, 0.1) is 6.92 Å². The summed E-state index contributed by atoms with van der Waals surface area (Å²) in [6.45, 7) is 1.92. The van der Waals surface area contributed by atoms with Crippen molar-refractivity contribution in [2.45, 2.75) is 6.92 Å². The highest BCUT2D eigenvalue weighted by Gasteiger charge is 2.20. The summed E-state index contributed by atoms with van der Waals surface area (Å²) in [4.78, 5) is 25.9. The normalized spacial score (nSPS) is 10.7. The van der Waals surface area contributed by atoms with E-state index in [2.05, 4.69) is 5.10 Å². The highest BCUT2D eigenvalue weighted by molar-refractivity contribution is 6.03. The van der Waals surface area contributed by atoms with E-state index in [0.717, 1.165) is 5.56 Å². The first-order valence-electron chi connectivity index (χ1n) is 9.03. The number of ether oxygens (including phenoxy) is 2. The van der Waals surface area contributed by atoms with Crippen molar-refractivity contribution in [1.29, 1.82) is 0 Å². The van der Waals surface area contributed by atoms with E-state index in [0.29, 0.717) is 22.2 Å². The molecule has 144 valence electrons. The smallest absolute Gasteiger partial charge is 0.364 e. The Hall–Kier alpha value is -3.93. The van der Waals surface area contributed by atoms with Crippen LogP contribution >= 0.6 is 0 Å². The Bertz CT molecular complexity index is 1260. The highest BCUT2D eigenvalue weighted by atomic mass is 16.6. The number of aromatic nitrogens is 2. The van der Waals surface area contributed by atoms with Crippen molar-refractivity contribution in [3.05, 3.63) is 94.4 Å². The molecule has 0 radical (unpaired) electrons. The molecular weight excluding hydrogens is 368 g/mol. The fourth-order valence-corrected chi connectivity index (χ4v) is 3.09. The third-order valence-corrected chi connectivity index (χ3v) is 4.52. The Balaban J connectivity index is 1.86. The molecule has 0 aliphatic carbocycles. The highest BCUT2D eigenvalue weighted by Crippen LogP contribution is 2.29. The van der Waals surface area contributed by atoms with Gasteiger partial charge in [-0.15, -0.1) is 0 Å². The van der Waals surface area contributed by atoms with Crippen LogP contribution in [0.4, 0.5) is 0 Å². The average molecular weight is 386 g/mol. The van der Waals surface area contributed by atoms with Gasteiger partial charge in [-0.05, 0) is 42.8 Å². The van der Waals surface area contributed by atoms with Gasteiger partial charge in [-0.25, -0.2) is 4.79 Å². The van der Waals surface area contributed by atoms with Crippen molar-refractivity contribution in [2.75, 3.05) is 7.11 Å². The summed E-state index contributed by atoms with van der Waals surface area (Å²) >= 11 is 0. The molecule has 0 bridgehead atoms. The van der Waals surface area contributed by atoms with Crippen molar-refractivity contribution < 1.29 is 14.3 Å². The van der Waals surface area contributed by atoms with Gasteiger partial charge in [0.2, 0.25) is 0 Å². The molecule has 29 heavy (non-hydrogen) atoms. The van der Waals surface area contributed by atoms with E-state index in [9.17, 15) is 9.59 Å². The SMILES string of the molecule is COc1cc(C)ccc1OC(=O)c1nn(-c2ccccc2)c(=O)c2ccccc12. The van der Waals surface area contributed by atoms with Gasteiger partial charge in [-0.2, -0.15) is 9.78 Å². The van der Waals surface area contributed by atoms with Crippen LogP contribution in [0.15, 0.2) is 77.6 Å². The zero-order valence-electron chi connectivity index (χ0n) is 16.0. The van der Waals surface area contributed by atoms with E-state index in [4.69, 9.17) is 9.47 Å². The molecule has 3 aromatic carbocycles. The van der Waals surface area contributed by atoms with E-state index < -0.39 is 5.97 Å². The molecule has 4 aromatic rings. The van der Waals surface area contributed by atoms with Gasteiger partial charge < -0.3 is 9.47 Å². The van der Waals surface area contributed by atoms with Crippen LogP contribution < -0.4 is 15.0 Å². The van der Waals surface area contributed by atoms with E-state index in [1.165, 1.54) is 11.8 Å². The van der Waals surface area contributed by atoms with Crippen molar-refractivity contribution in [3.63, 3.8) is 0 Å². The zero-order valence-corrected chi connectivity index (χ0v) is 16.0. The van der Waals surface area contributed by atoms with Crippen molar-refractivity contribution in [2.24, 2.45) is 0 Å². The van der Waals surface area contributed by atoms with Gasteiger partial charge in [-0.3, -0.25) is 4.79 Å². The fourth-order valence-electron chi connectivity index (χ4n) is 3.09. The number of nitrogens with zero attached hydrogens (tertiary/aromatic N) is 2. The summed E-state index contributed by atoms with van der Waals surface area (Å²) in [5.74, 6) is 0.0542. The Morgan fingerprint density at radius 3 is 2.31 bits per heavy atom. The largest absolute Gasteiger partial charge is 0.493 e. The Labute approximate surface area is 166 Å². The monoisotopic (exact) mass is 386 g/mol. The second kappa shape index (κ2) is 7.59. The summed E-state index contributed by atoms with van der Waals surface area (Å²) in [6, 6.07) is 21.1. The van der Waals surface area contributed by atoms with E-state index >= 15 is 0 Å². The number of aryl methyl sites for hydroxylation is 1. The van der Waals surface area contributed by atoms with Crippen molar-refractivity contribution in [3.8, 4) is 17.2 Å². The van der Waals surface area contributed by atoms with E-state index in [-0.39, 0.29) is 17.0 Å². The summed E-state index contributed by atoms with van der Waals surface area (Å²) < 4.78 is 12.1. The molecule has 6 heteroatoms.